The number of nitrogens with zero attached hydrogens (tertiary/aromatic N) is 1. The molecule has 0 N–H and O–H groups in total. The third-order valence-electron chi connectivity index (χ3n) is 1.79. The van der Waals surface area contributed by atoms with Gasteiger partial charge in [0.1, 0.15) is 5.82 Å². The Morgan fingerprint density at radius 2 is 2.08 bits per heavy atom. The van der Waals surface area contributed by atoms with Crippen LogP contribution in [0.4, 0.5) is 4.39 Å². The number of aromatic nitrogens is 1. The molecule has 0 aliphatic rings. The Balaban J connectivity index is 3.03. The standard InChI is InChI=1S/C9H5BrFNO/c10-6-3-4-8-7(11)2-1-5-12(8)9(6)13/h1-5H. The van der Waals surface area contributed by atoms with E-state index in [0.29, 0.717) is 4.47 Å². The highest BCUT2D eigenvalue weighted by molar-refractivity contribution is 9.10. The molecule has 0 unspecified atom stereocenters. The molecule has 0 bridgehead atoms. The Labute approximate surface area is 81.8 Å². The summed E-state index contributed by atoms with van der Waals surface area (Å²) < 4.78 is 14.8. The van der Waals surface area contributed by atoms with Gasteiger partial charge in [-0.1, -0.05) is 0 Å². The molecule has 0 fully saturated rings. The lowest BCUT2D eigenvalue weighted by atomic mass is 10.3. The van der Waals surface area contributed by atoms with Gasteiger partial charge in [-0.3, -0.25) is 9.20 Å². The van der Waals surface area contributed by atoms with E-state index >= 15 is 0 Å². The molecular formula is C9H5BrFNO. The molecule has 0 aliphatic heterocycles. The van der Waals surface area contributed by atoms with Gasteiger partial charge in [-0.15, -0.1) is 0 Å². The van der Waals surface area contributed by atoms with Crippen LogP contribution < -0.4 is 5.56 Å². The van der Waals surface area contributed by atoms with Crippen LogP contribution >= 0.6 is 15.9 Å². The van der Waals surface area contributed by atoms with Gasteiger partial charge < -0.3 is 0 Å². The first kappa shape index (κ1) is 8.44. The van der Waals surface area contributed by atoms with Gasteiger partial charge in [-0.2, -0.15) is 0 Å². The zero-order valence-electron chi connectivity index (χ0n) is 6.50. The number of hydrogen-bond acceptors (Lipinski definition) is 1. The summed E-state index contributed by atoms with van der Waals surface area (Å²) in [6.45, 7) is 0. The SMILES string of the molecule is O=c1c(Br)ccc2c(F)cccn12. The van der Waals surface area contributed by atoms with Crippen LogP contribution in [0.25, 0.3) is 5.52 Å². The smallest absolute Gasteiger partial charge is 0.269 e. The number of fused-ring (bicyclic) bond motifs is 1. The second-order valence-electron chi connectivity index (χ2n) is 2.60. The van der Waals surface area contributed by atoms with Crippen molar-refractivity contribution in [1.29, 1.82) is 0 Å². The molecule has 2 aromatic heterocycles. The second-order valence-corrected chi connectivity index (χ2v) is 3.45. The predicted octanol–water partition coefficient (Wildman–Crippen LogP) is 2.20. The van der Waals surface area contributed by atoms with Crippen LogP contribution in [0.15, 0.2) is 39.7 Å². The molecule has 66 valence electrons. The van der Waals surface area contributed by atoms with Crippen LogP contribution in [-0.2, 0) is 0 Å². The quantitative estimate of drug-likeness (QED) is 0.693. The molecule has 0 radical (unpaired) electrons. The Hall–Kier alpha value is -1.16. The van der Waals surface area contributed by atoms with E-state index in [1.807, 2.05) is 0 Å². The highest BCUT2D eigenvalue weighted by atomic mass is 79.9. The Kier molecular flexibility index (Phi) is 1.92. The molecule has 13 heavy (non-hydrogen) atoms. The van der Waals surface area contributed by atoms with Crippen LogP contribution in [0.3, 0.4) is 0 Å². The average Bonchev–Trinajstić information content (AvgIpc) is 2.12. The second kappa shape index (κ2) is 2.96. The van der Waals surface area contributed by atoms with E-state index in [1.54, 1.807) is 12.1 Å². The molecule has 0 saturated heterocycles. The third kappa shape index (κ3) is 1.27. The fraction of sp³-hybridized carbons (Fsp3) is 0. The Morgan fingerprint density at radius 1 is 1.31 bits per heavy atom. The van der Waals surface area contributed by atoms with Crippen molar-refractivity contribution in [3.63, 3.8) is 0 Å². The van der Waals surface area contributed by atoms with Crippen LogP contribution in [0.5, 0.6) is 0 Å². The maximum atomic E-state index is 13.1. The highest BCUT2D eigenvalue weighted by Crippen LogP contribution is 2.09. The van der Waals surface area contributed by atoms with E-state index in [0.717, 1.165) is 0 Å². The largest absolute Gasteiger partial charge is 0.280 e. The van der Waals surface area contributed by atoms with Gasteiger partial charge in [0.15, 0.2) is 0 Å². The minimum Gasteiger partial charge on any atom is -0.280 e. The minimum atomic E-state index is -0.396. The van der Waals surface area contributed by atoms with Gasteiger partial charge in [0.25, 0.3) is 5.56 Å². The predicted molar refractivity (Wildman–Crippen MR) is 51.3 cm³/mol. The molecular weight excluding hydrogens is 237 g/mol. The number of pyridine rings is 2. The van der Waals surface area contributed by atoms with Gasteiger partial charge in [0.05, 0.1) is 9.99 Å². The summed E-state index contributed by atoms with van der Waals surface area (Å²) in [7, 11) is 0. The molecule has 0 atom stereocenters. The van der Waals surface area contributed by atoms with Crippen LogP contribution in [-0.4, -0.2) is 4.40 Å². The fourth-order valence-corrected chi connectivity index (χ4v) is 1.49. The molecule has 2 rings (SSSR count). The minimum absolute atomic E-state index is 0.253. The van der Waals surface area contributed by atoms with E-state index in [9.17, 15) is 9.18 Å². The summed E-state index contributed by atoms with van der Waals surface area (Å²) in [6.07, 6.45) is 1.53. The highest BCUT2D eigenvalue weighted by Gasteiger charge is 2.02. The topological polar surface area (TPSA) is 21.5 Å². The molecule has 0 aliphatic carbocycles. The van der Waals surface area contributed by atoms with Crippen molar-refractivity contribution in [3.05, 3.63) is 51.1 Å². The third-order valence-corrected chi connectivity index (χ3v) is 2.40. The zero-order valence-corrected chi connectivity index (χ0v) is 8.08. The van der Waals surface area contributed by atoms with Crippen LogP contribution in [0.1, 0.15) is 0 Å². The fourth-order valence-electron chi connectivity index (χ4n) is 1.17. The van der Waals surface area contributed by atoms with E-state index < -0.39 is 5.82 Å². The van der Waals surface area contributed by atoms with Gasteiger partial charge in [0, 0.05) is 6.20 Å². The first-order chi connectivity index (χ1) is 6.20. The van der Waals surface area contributed by atoms with Crippen molar-refractivity contribution < 1.29 is 4.39 Å². The lowest BCUT2D eigenvalue weighted by Crippen LogP contribution is -2.13. The van der Waals surface area contributed by atoms with Crippen molar-refractivity contribution in [1.82, 2.24) is 4.40 Å². The van der Waals surface area contributed by atoms with Crippen molar-refractivity contribution >= 4 is 21.4 Å². The zero-order chi connectivity index (χ0) is 9.42. The molecule has 0 aromatic carbocycles. The van der Waals surface area contributed by atoms with E-state index in [1.165, 1.54) is 22.7 Å². The van der Waals surface area contributed by atoms with Gasteiger partial charge >= 0.3 is 0 Å². The summed E-state index contributed by atoms with van der Waals surface area (Å²) in [4.78, 5) is 11.4. The lowest BCUT2D eigenvalue weighted by Gasteiger charge is -2.00. The van der Waals surface area contributed by atoms with Crippen molar-refractivity contribution in [2.45, 2.75) is 0 Å². The van der Waals surface area contributed by atoms with Crippen LogP contribution in [0, 0.1) is 5.82 Å². The molecule has 2 aromatic rings. The number of halogens is 2. The first-order valence-corrected chi connectivity index (χ1v) is 4.45. The Bertz CT molecular complexity index is 520. The Morgan fingerprint density at radius 3 is 2.85 bits per heavy atom. The van der Waals surface area contributed by atoms with Gasteiger partial charge in [-0.25, -0.2) is 4.39 Å². The molecule has 4 heteroatoms. The summed E-state index contributed by atoms with van der Waals surface area (Å²) in [6, 6.07) is 5.92. The van der Waals surface area contributed by atoms with Crippen molar-refractivity contribution in [3.8, 4) is 0 Å². The number of hydrogen-bond donors (Lipinski definition) is 0. The van der Waals surface area contributed by atoms with E-state index in [4.69, 9.17) is 0 Å². The van der Waals surface area contributed by atoms with E-state index in [-0.39, 0.29) is 11.1 Å². The molecule has 0 saturated carbocycles. The summed E-state index contributed by atoms with van der Waals surface area (Å²) in [5.41, 5.74) is 0.0349. The summed E-state index contributed by atoms with van der Waals surface area (Å²) >= 11 is 3.09. The number of rotatable bonds is 0. The lowest BCUT2D eigenvalue weighted by molar-refractivity contribution is 0.631. The van der Waals surface area contributed by atoms with Crippen molar-refractivity contribution in [2.24, 2.45) is 0 Å². The normalized spacial score (nSPS) is 10.6. The maximum absolute atomic E-state index is 13.1. The van der Waals surface area contributed by atoms with Crippen LogP contribution in [0.2, 0.25) is 0 Å². The van der Waals surface area contributed by atoms with Crippen molar-refractivity contribution in [2.75, 3.05) is 0 Å². The summed E-state index contributed by atoms with van der Waals surface area (Å²) in [5.74, 6) is -0.396. The van der Waals surface area contributed by atoms with Gasteiger partial charge in [0.2, 0.25) is 0 Å². The van der Waals surface area contributed by atoms with Gasteiger partial charge in [-0.05, 0) is 40.2 Å². The first-order valence-electron chi connectivity index (χ1n) is 3.65. The maximum Gasteiger partial charge on any atom is 0.269 e. The molecule has 2 nitrogen and oxygen atoms in total. The molecule has 0 spiro atoms. The average molecular weight is 242 g/mol. The van der Waals surface area contributed by atoms with E-state index in [2.05, 4.69) is 15.9 Å². The summed E-state index contributed by atoms with van der Waals surface area (Å²) in [5, 5.41) is 0. The molecule has 2 heterocycles. The monoisotopic (exact) mass is 241 g/mol. The molecule has 0 amide bonds.